The molecule has 3 nitrogen and oxygen atoms in total. The van der Waals surface area contributed by atoms with E-state index >= 15 is 0 Å². The Morgan fingerprint density at radius 2 is 1.33 bits per heavy atom. The first kappa shape index (κ1) is 18.0. The molecule has 1 aromatic rings. The number of benzene rings is 1. The number of rotatable bonds is 1. The minimum absolute atomic E-state index is 0.0655. The Labute approximate surface area is 142 Å². The second-order valence-electron chi connectivity index (χ2n) is 8.05. The van der Waals surface area contributed by atoms with Crippen LogP contribution < -0.4 is 0 Å². The van der Waals surface area contributed by atoms with E-state index < -0.39 is 0 Å². The van der Waals surface area contributed by atoms with E-state index in [0.717, 1.165) is 11.1 Å². The molecule has 0 spiro atoms. The van der Waals surface area contributed by atoms with Gasteiger partial charge in [-0.3, -0.25) is 4.79 Å². The average Bonchev–Trinajstić information content (AvgIpc) is 2.45. The smallest absolute Gasteiger partial charge is 0.289 e. The summed E-state index contributed by atoms with van der Waals surface area (Å²) in [7, 11) is 0. The van der Waals surface area contributed by atoms with Crippen LogP contribution in [0.15, 0.2) is 52.7 Å². The molecule has 0 saturated heterocycles. The minimum atomic E-state index is -0.310. The van der Waals surface area contributed by atoms with E-state index in [4.69, 9.17) is 0 Å². The summed E-state index contributed by atoms with van der Waals surface area (Å²) in [5.41, 5.74) is 2.09. The van der Waals surface area contributed by atoms with Crippen molar-refractivity contribution in [1.29, 1.82) is 0 Å². The van der Waals surface area contributed by atoms with Gasteiger partial charge in [0.05, 0.1) is 4.79 Å². The molecule has 24 heavy (non-hydrogen) atoms. The molecule has 0 bridgehead atoms. The molecule has 0 amide bonds. The van der Waals surface area contributed by atoms with Crippen LogP contribution >= 0.6 is 0 Å². The van der Waals surface area contributed by atoms with Gasteiger partial charge in [-0.15, -0.1) is 0 Å². The molecule has 1 aliphatic carbocycles. The maximum absolute atomic E-state index is 13.0. The van der Waals surface area contributed by atoms with Crippen molar-refractivity contribution >= 4 is 17.2 Å². The zero-order valence-corrected chi connectivity index (χ0v) is 15.1. The summed E-state index contributed by atoms with van der Waals surface area (Å²) in [5.74, 6) is -0.245. The van der Waals surface area contributed by atoms with Crippen molar-refractivity contribution in [2.45, 2.75) is 41.5 Å². The van der Waals surface area contributed by atoms with E-state index in [0.29, 0.717) is 11.4 Å². The van der Waals surface area contributed by atoms with Crippen molar-refractivity contribution in [3.8, 4) is 0 Å². The van der Waals surface area contributed by atoms with Gasteiger partial charge in [0.2, 0.25) is 0 Å². The van der Waals surface area contributed by atoms with Crippen molar-refractivity contribution in [1.82, 2.24) is 0 Å². The summed E-state index contributed by atoms with van der Waals surface area (Å²) in [6, 6.07) is 5.82. The second-order valence-corrected chi connectivity index (χ2v) is 8.05. The zero-order valence-electron chi connectivity index (χ0n) is 15.1. The number of carbonyl (C=O) groups is 1. The molecule has 2 rings (SSSR count). The number of hydrogen-bond acceptors (Lipinski definition) is 2. The molecule has 0 unspecified atom stereocenters. The Balaban J connectivity index is 2.55. The molecule has 0 radical (unpaired) electrons. The van der Waals surface area contributed by atoms with Gasteiger partial charge in [0, 0.05) is 23.3 Å². The second kappa shape index (κ2) is 6.29. The highest BCUT2D eigenvalue weighted by Crippen LogP contribution is 2.36. The molecule has 4 heteroatoms. The number of halogens is 1. The molecule has 0 heterocycles. The van der Waals surface area contributed by atoms with Gasteiger partial charge in [0.15, 0.2) is 5.78 Å². The van der Waals surface area contributed by atoms with Crippen molar-refractivity contribution in [2.75, 3.05) is 0 Å². The monoisotopic (exact) mass is 327 g/mol. The highest BCUT2D eigenvalue weighted by atomic mass is 19.1. The topological polar surface area (TPSA) is 43.5 Å². The van der Waals surface area contributed by atoms with Gasteiger partial charge in [-0.1, -0.05) is 41.5 Å². The minimum Gasteiger partial charge on any atom is -0.289 e. The lowest BCUT2D eigenvalue weighted by Crippen LogP contribution is -2.29. The van der Waals surface area contributed by atoms with Crippen LogP contribution in [0.2, 0.25) is 0 Å². The highest BCUT2D eigenvalue weighted by Gasteiger charge is 2.36. The van der Waals surface area contributed by atoms with Gasteiger partial charge >= 0.3 is 5.71 Å². The summed E-state index contributed by atoms with van der Waals surface area (Å²) in [5, 5.41) is 4.15. The van der Waals surface area contributed by atoms with Gasteiger partial charge in [-0.25, -0.2) is 4.39 Å². The number of ketones is 1. The molecule has 126 valence electrons. The molecule has 0 N–H and O–H groups in total. The molecule has 0 fully saturated rings. The largest absolute Gasteiger partial charge is 0.366 e. The number of carbonyl (C=O) groups excluding carboxylic acids is 1. The third-order valence-electron chi connectivity index (χ3n) is 3.80. The summed E-state index contributed by atoms with van der Waals surface area (Å²) in [6.07, 6.45) is 3.59. The van der Waals surface area contributed by atoms with E-state index in [9.17, 15) is 9.18 Å². The number of allylic oxidation sites excluding steroid dienone is 4. The predicted molar refractivity (Wildman–Crippen MR) is 93.8 cm³/mol. The molecule has 1 aromatic carbocycles. The summed E-state index contributed by atoms with van der Waals surface area (Å²) < 4.78 is 13.0. The highest BCUT2D eigenvalue weighted by molar-refractivity contribution is 6.21. The van der Waals surface area contributed by atoms with Gasteiger partial charge < -0.3 is 0 Å². The molecular formula is C20H24FN2O+. The van der Waals surface area contributed by atoms with Crippen LogP contribution in [0.25, 0.3) is 0 Å². The first-order chi connectivity index (χ1) is 11.0. The van der Waals surface area contributed by atoms with Crippen LogP contribution in [-0.2, 0) is 4.79 Å². The lowest BCUT2D eigenvalue weighted by molar-refractivity contribution is -0.114. The summed E-state index contributed by atoms with van der Waals surface area (Å²) in [4.78, 5) is 17.1. The predicted octanol–water partition coefficient (Wildman–Crippen LogP) is 5.09. The lowest BCUT2D eigenvalue weighted by atomic mass is 9.72. The van der Waals surface area contributed by atoms with Crippen molar-refractivity contribution in [2.24, 2.45) is 15.9 Å². The lowest BCUT2D eigenvalue weighted by Gasteiger charge is -2.29. The fourth-order valence-electron chi connectivity index (χ4n) is 2.41. The summed E-state index contributed by atoms with van der Waals surface area (Å²) >= 11 is 0. The molecular weight excluding hydrogens is 303 g/mol. The molecule has 0 atom stereocenters. The SMILES string of the molecule is CC(C)(C)C1=CC(=[N+]=Nc2ccc(F)cc2)C=C(C(C)(C)C)C1=O. The quantitative estimate of drug-likeness (QED) is 0.403. The fraction of sp³-hybridized carbons (Fsp3) is 0.400. The Bertz CT molecular complexity index is 742. The van der Waals surface area contributed by atoms with Crippen LogP contribution in [0.1, 0.15) is 41.5 Å². The average molecular weight is 327 g/mol. The van der Waals surface area contributed by atoms with Crippen molar-refractivity contribution in [3.05, 3.63) is 53.4 Å². The van der Waals surface area contributed by atoms with Crippen LogP contribution in [-0.4, -0.2) is 16.3 Å². The third kappa shape index (κ3) is 4.15. The molecule has 0 aromatic heterocycles. The van der Waals surface area contributed by atoms with Crippen LogP contribution in [0.3, 0.4) is 0 Å². The van der Waals surface area contributed by atoms with E-state index in [1.165, 1.54) is 12.1 Å². The van der Waals surface area contributed by atoms with Gasteiger partial charge in [-0.05, 0) is 35.1 Å². The van der Waals surface area contributed by atoms with E-state index in [2.05, 4.69) is 9.90 Å². The Kier molecular flexibility index (Phi) is 4.73. The molecule has 1 aliphatic rings. The van der Waals surface area contributed by atoms with E-state index in [1.807, 2.05) is 41.5 Å². The normalized spacial score (nSPS) is 15.6. The van der Waals surface area contributed by atoms with Crippen LogP contribution in [0.5, 0.6) is 0 Å². The first-order valence-corrected chi connectivity index (χ1v) is 8.02. The summed E-state index contributed by atoms with van der Waals surface area (Å²) in [6.45, 7) is 12.1. The van der Waals surface area contributed by atoms with Gasteiger partial charge in [0.25, 0.3) is 0 Å². The maximum Gasteiger partial charge on any atom is 0.366 e. The number of Topliss-reactive ketones (excluding diaryl/α,β-unsaturated/α-hetero) is 1. The maximum atomic E-state index is 13.0. The standard InChI is InChI=1S/C20H24FN2O/c1-19(2,3)16-11-15(12-17(18(16)24)20(4,5)6)23-22-14-9-7-13(21)8-10-14/h7-12H,1-6H3/q+1. The zero-order chi connectivity index (χ0) is 18.1. The molecule has 0 saturated carbocycles. The Morgan fingerprint density at radius 3 is 1.75 bits per heavy atom. The van der Waals surface area contributed by atoms with Crippen LogP contribution in [0.4, 0.5) is 10.1 Å². The van der Waals surface area contributed by atoms with E-state index in [1.54, 1.807) is 24.3 Å². The number of nitrogens with zero attached hydrogens (tertiary/aromatic N) is 2. The van der Waals surface area contributed by atoms with E-state index in [-0.39, 0.29) is 22.4 Å². The van der Waals surface area contributed by atoms with Crippen molar-refractivity contribution in [3.63, 3.8) is 0 Å². The Morgan fingerprint density at radius 1 is 0.875 bits per heavy atom. The van der Waals surface area contributed by atoms with Crippen LogP contribution in [0, 0.1) is 16.6 Å². The van der Waals surface area contributed by atoms with Gasteiger partial charge in [-0.2, -0.15) is 0 Å². The number of hydrogen-bond donors (Lipinski definition) is 0. The third-order valence-corrected chi connectivity index (χ3v) is 3.80. The Hall–Kier alpha value is -2.32. The first-order valence-electron chi connectivity index (χ1n) is 8.02. The van der Waals surface area contributed by atoms with Crippen molar-refractivity contribution < 1.29 is 14.0 Å². The van der Waals surface area contributed by atoms with Gasteiger partial charge in [0.1, 0.15) is 16.6 Å². The fourth-order valence-corrected chi connectivity index (χ4v) is 2.41. The molecule has 0 aliphatic heterocycles.